The van der Waals surface area contributed by atoms with Gasteiger partial charge in [0.2, 0.25) is 5.91 Å². The zero-order valence-electron chi connectivity index (χ0n) is 10.6. The number of carbonyl (C=O) groups is 1. The normalized spacial score (nSPS) is 24.2. The molecule has 1 heterocycles. The smallest absolute Gasteiger partial charge is 0.235 e. The van der Waals surface area contributed by atoms with Crippen molar-refractivity contribution in [2.75, 3.05) is 13.2 Å². The minimum absolute atomic E-state index is 0.0167. The Bertz CT molecular complexity index is 309. The van der Waals surface area contributed by atoms with E-state index in [0.717, 1.165) is 19.3 Å². The molecule has 0 spiro atoms. The fraction of sp³-hybridized carbons (Fsp3) is 0.833. The van der Waals surface area contributed by atoms with Gasteiger partial charge in [-0.3, -0.25) is 4.79 Å². The third-order valence-corrected chi connectivity index (χ3v) is 4.27. The van der Waals surface area contributed by atoms with E-state index in [-0.39, 0.29) is 23.5 Å². The lowest BCUT2D eigenvalue weighted by molar-refractivity contribution is -0.142. The summed E-state index contributed by atoms with van der Waals surface area (Å²) in [7, 11) is 0. The van der Waals surface area contributed by atoms with Gasteiger partial charge in [-0.1, -0.05) is 19.1 Å². The van der Waals surface area contributed by atoms with Crippen molar-refractivity contribution in [1.82, 2.24) is 4.90 Å². The Kier molecular flexibility index (Phi) is 4.89. The highest BCUT2D eigenvalue weighted by Gasteiger charge is 2.40. The zero-order chi connectivity index (χ0) is 13.1. The fourth-order valence-electron chi connectivity index (χ4n) is 2.21. The Hall–Kier alpha value is -0.680. The molecule has 0 radical (unpaired) electrons. The highest BCUT2D eigenvalue weighted by atomic mass is 32.1. The molecule has 1 aliphatic rings. The number of amides is 1. The molecule has 1 amide bonds. The summed E-state index contributed by atoms with van der Waals surface area (Å²) in [5.74, 6) is -0.0359. The topological polar surface area (TPSA) is 66.6 Å². The molecule has 0 aromatic heterocycles. The van der Waals surface area contributed by atoms with Crippen molar-refractivity contribution < 1.29 is 9.90 Å². The lowest BCUT2D eigenvalue weighted by Gasteiger charge is -2.40. The standard InChI is InChI=1S/C12H22N2O2S/c1-3-12(2,10(13)17)11(16)14-7-5-4-6-9(14)8-15/h9,15H,3-8H2,1-2H3,(H2,13,17). The maximum absolute atomic E-state index is 12.5. The number of aliphatic hydroxyl groups excluding tert-OH is 1. The highest BCUT2D eigenvalue weighted by Crippen LogP contribution is 2.28. The quantitative estimate of drug-likeness (QED) is 0.740. The summed E-state index contributed by atoms with van der Waals surface area (Å²) in [5, 5.41) is 9.33. The number of carbonyl (C=O) groups excluding carboxylic acids is 1. The molecule has 5 heteroatoms. The van der Waals surface area contributed by atoms with Crippen molar-refractivity contribution in [3.05, 3.63) is 0 Å². The number of hydrogen-bond acceptors (Lipinski definition) is 3. The molecular formula is C12H22N2O2S. The van der Waals surface area contributed by atoms with E-state index in [1.807, 2.05) is 6.92 Å². The van der Waals surface area contributed by atoms with E-state index in [1.54, 1.807) is 11.8 Å². The van der Waals surface area contributed by atoms with Crippen molar-refractivity contribution in [3.8, 4) is 0 Å². The van der Waals surface area contributed by atoms with Crippen LogP contribution in [0.5, 0.6) is 0 Å². The predicted molar refractivity (Wildman–Crippen MR) is 71.6 cm³/mol. The Labute approximate surface area is 108 Å². The highest BCUT2D eigenvalue weighted by molar-refractivity contribution is 7.80. The third kappa shape index (κ3) is 2.77. The number of piperidine rings is 1. The van der Waals surface area contributed by atoms with Crippen LogP contribution in [0.15, 0.2) is 0 Å². The summed E-state index contributed by atoms with van der Waals surface area (Å²) in [6, 6.07) is -0.0727. The Morgan fingerprint density at radius 2 is 2.24 bits per heavy atom. The molecule has 2 unspecified atom stereocenters. The first-order chi connectivity index (χ1) is 7.97. The predicted octanol–water partition coefficient (Wildman–Crippen LogP) is 1.06. The van der Waals surface area contributed by atoms with Gasteiger partial charge in [0, 0.05) is 6.54 Å². The minimum atomic E-state index is -0.778. The van der Waals surface area contributed by atoms with Crippen molar-refractivity contribution in [1.29, 1.82) is 0 Å². The van der Waals surface area contributed by atoms with Crippen LogP contribution in [0.2, 0.25) is 0 Å². The summed E-state index contributed by atoms with van der Waals surface area (Å²) < 4.78 is 0. The van der Waals surface area contributed by atoms with Gasteiger partial charge in [0.1, 0.15) is 0 Å². The SMILES string of the molecule is CCC(C)(C(=O)N1CCCCC1CO)C(N)=S. The molecule has 0 saturated carbocycles. The second-order valence-corrected chi connectivity index (χ2v) is 5.32. The summed E-state index contributed by atoms with van der Waals surface area (Å²) in [6.45, 7) is 4.42. The number of likely N-dealkylation sites (tertiary alicyclic amines) is 1. The molecule has 1 aliphatic heterocycles. The average Bonchev–Trinajstić information content (AvgIpc) is 2.36. The zero-order valence-corrected chi connectivity index (χ0v) is 11.4. The Morgan fingerprint density at radius 3 is 2.71 bits per heavy atom. The van der Waals surface area contributed by atoms with E-state index < -0.39 is 5.41 Å². The first-order valence-corrected chi connectivity index (χ1v) is 6.60. The molecule has 0 aliphatic carbocycles. The summed E-state index contributed by atoms with van der Waals surface area (Å²) in [4.78, 5) is 14.5. The molecule has 4 nitrogen and oxygen atoms in total. The van der Waals surface area contributed by atoms with Gasteiger partial charge in [0.25, 0.3) is 0 Å². The van der Waals surface area contributed by atoms with Crippen LogP contribution in [0.25, 0.3) is 0 Å². The van der Waals surface area contributed by atoms with Gasteiger partial charge in [0.05, 0.1) is 23.1 Å². The number of thiocarbonyl (C=S) groups is 1. The second kappa shape index (κ2) is 5.78. The largest absolute Gasteiger partial charge is 0.394 e. The minimum Gasteiger partial charge on any atom is -0.394 e. The maximum Gasteiger partial charge on any atom is 0.235 e. The van der Waals surface area contributed by atoms with E-state index in [2.05, 4.69) is 0 Å². The molecule has 0 aromatic carbocycles. The molecule has 0 bridgehead atoms. The third-order valence-electron chi connectivity index (χ3n) is 3.82. The summed E-state index contributed by atoms with van der Waals surface area (Å²) >= 11 is 5.02. The lowest BCUT2D eigenvalue weighted by Crippen LogP contribution is -2.54. The second-order valence-electron chi connectivity index (χ2n) is 4.88. The van der Waals surface area contributed by atoms with Crippen molar-refractivity contribution in [2.24, 2.45) is 11.1 Å². The first-order valence-electron chi connectivity index (χ1n) is 6.19. The number of nitrogens with zero attached hydrogens (tertiary/aromatic N) is 1. The van der Waals surface area contributed by atoms with Gasteiger partial charge in [0.15, 0.2) is 0 Å². The van der Waals surface area contributed by atoms with Crippen LogP contribution in [0.4, 0.5) is 0 Å². The van der Waals surface area contributed by atoms with Gasteiger partial charge in [-0.2, -0.15) is 0 Å². The first kappa shape index (κ1) is 14.4. The van der Waals surface area contributed by atoms with Crippen molar-refractivity contribution in [2.45, 2.75) is 45.6 Å². The number of nitrogens with two attached hydrogens (primary N) is 1. The molecule has 3 N–H and O–H groups in total. The fourth-order valence-corrected chi connectivity index (χ4v) is 2.44. The Balaban J connectivity index is 2.89. The molecule has 1 rings (SSSR count). The molecule has 1 saturated heterocycles. The molecular weight excluding hydrogens is 236 g/mol. The van der Waals surface area contributed by atoms with E-state index in [4.69, 9.17) is 18.0 Å². The lowest BCUT2D eigenvalue weighted by atomic mass is 9.84. The van der Waals surface area contributed by atoms with Gasteiger partial charge < -0.3 is 15.7 Å². The maximum atomic E-state index is 12.5. The van der Waals surface area contributed by atoms with Crippen LogP contribution in [0, 0.1) is 5.41 Å². The van der Waals surface area contributed by atoms with Crippen LogP contribution in [-0.2, 0) is 4.79 Å². The molecule has 98 valence electrons. The van der Waals surface area contributed by atoms with Crippen LogP contribution in [-0.4, -0.2) is 40.1 Å². The van der Waals surface area contributed by atoms with Gasteiger partial charge >= 0.3 is 0 Å². The van der Waals surface area contributed by atoms with E-state index in [9.17, 15) is 9.90 Å². The molecule has 0 aromatic rings. The van der Waals surface area contributed by atoms with Crippen molar-refractivity contribution in [3.63, 3.8) is 0 Å². The monoisotopic (exact) mass is 258 g/mol. The van der Waals surface area contributed by atoms with Crippen LogP contribution in [0.3, 0.4) is 0 Å². The van der Waals surface area contributed by atoms with Gasteiger partial charge in [-0.05, 0) is 32.6 Å². The average molecular weight is 258 g/mol. The van der Waals surface area contributed by atoms with Gasteiger partial charge in [-0.25, -0.2) is 0 Å². The van der Waals surface area contributed by atoms with Crippen LogP contribution >= 0.6 is 12.2 Å². The van der Waals surface area contributed by atoms with Gasteiger partial charge in [-0.15, -0.1) is 0 Å². The molecule has 17 heavy (non-hydrogen) atoms. The Morgan fingerprint density at radius 1 is 1.59 bits per heavy atom. The van der Waals surface area contributed by atoms with E-state index >= 15 is 0 Å². The number of aliphatic hydroxyl groups is 1. The summed E-state index contributed by atoms with van der Waals surface area (Å²) in [5.41, 5.74) is 4.92. The number of hydrogen-bond donors (Lipinski definition) is 2. The van der Waals surface area contributed by atoms with E-state index in [1.165, 1.54) is 0 Å². The van der Waals surface area contributed by atoms with Crippen molar-refractivity contribution >= 4 is 23.1 Å². The van der Waals surface area contributed by atoms with Crippen LogP contribution < -0.4 is 5.73 Å². The molecule has 1 fully saturated rings. The van der Waals surface area contributed by atoms with E-state index in [0.29, 0.717) is 13.0 Å². The molecule has 2 atom stereocenters. The number of rotatable bonds is 4. The van der Waals surface area contributed by atoms with Crippen LogP contribution in [0.1, 0.15) is 39.5 Å². The summed E-state index contributed by atoms with van der Waals surface area (Å²) in [6.07, 6.45) is 3.50.